The second-order valence-corrected chi connectivity index (χ2v) is 5.76. The van der Waals surface area contributed by atoms with E-state index in [-0.39, 0.29) is 0 Å². The van der Waals surface area contributed by atoms with Gasteiger partial charge in [0.1, 0.15) is 5.54 Å². The van der Waals surface area contributed by atoms with Gasteiger partial charge in [-0.05, 0) is 36.1 Å². The molecule has 3 N–H and O–H groups in total. The molecule has 0 aliphatic heterocycles. The zero-order valence-electron chi connectivity index (χ0n) is 12.8. The van der Waals surface area contributed by atoms with Gasteiger partial charge < -0.3 is 11.1 Å². The van der Waals surface area contributed by atoms with Crippen molar-refractivity contribution in [2.24, 2.45) is 5.73 Å². The molecule has 0 radical (unpaired) electrons. The third-order valence-electron chi connectivity index (χ3n) is 3.82. The number of nitrogens with one attached hydrogen (secondary N) is 1. The molecule has 21 heavy (non-hydrogen) atoms. The molecule has 2 aromatic carbocycles. The van der Waals surface area contributed by atoms with E-state index in [0.717, 1.165) is 11.3 Å². The normalized spacial score (nSPS) is 13.7. The Kier molecular flexibility index (Phi) is 4.32. The van der Waals surface area contributed by atoms with Crippen LogP contribution in [0, 0.1) is 0 Å². The molecule has 1 atom stereocenters. The Hall–Kier alpha value is -2.29. The number of nitrogens with two attached hydrogens (primary N) is 1. The van der Waals surface area contributed by atoms with Crippen LogP contribution in [-0.4, -0.2) is 5.91 Å². The fourth-order valence-corrected chi connectivity index (χ4v) is 2.29. The highest BCUT2D eigenvalue weighted by atomic mass is 16.1. The van der Waals surface area contributed by atoms with Crippen LogP contribution < -0.4 is 11.1 Å². The summed E-state index contributed by atoms with van der Waals surface area (Å²) in [4.78, 5) is 12.0. The lowest BCUT2D eigenvalue weighted by Gasteiger charge is -2.29. The maximum absolute atomic E-state index is 12.0. The minimum Gasteiger partial charge on any atom is -0.368 e. The quantitative estimate of drug-likeness (QED) is 0.880. The number of rotatable bonds is 5. The molecule has 2 rings (SSSR count). The van der Waals surface area contributed by atoms with Crippen molar-refractivity contribution < 1.29 is 4.79 Å². The molecule has 0 heterocycles. The fraction of sp³-hybridized carbons (Fsp3) is 0.278. The first-order valence-corrected chi connectivity index (χ1v) is 7.17. The molecule has 3 nitrogen and oxygen atoms in total. The van der Waals surface area contributed by atoms with Gasteiger partial charge in [0.05, 0.1) is 0 Å². The Labute approximate surface area is 126 Å². The lowest BCUT2D eigenvalue weighted by atomic mass is 9.89. The largest absolute Gasteiger partial charge is 0.368 e. The van der Waals surface area contributed by atoms with E-state index >= 15 is 0 Å². The van der Waals surface area contributed by atoms with Gasteiger partial charge in [-0.1, -0.05) is 56.3 Å². The number of amides is 1. The van der Waals surface area contributed by atoms with Gasteiger partial charge in [0.15, 0.2) is 0 Å². The average Bonchev–Trinajstić information content (AvgIpc) is 2.48. The van der Waals surface area contributed by atoms with Crippen LogP contribution in [0.3, 0.4) is 0 Å². The maximum atomic E-state index is 12.0. The summed E-state index contributed by atoms with van der Waals surface area (Å²) in [6.45, 7) is 6.10. The number of carbonyl (C=O) groups excluding carboxylic acids is 1. The first-order valence-electron chi connectivity index (χ1n) is 7.17. The minimum atomic E-state index is -0.934. The van der Waals surface area contributed by atoms with E-state index in [1.165, 1.54) is 5.56 Å². The molecule has 0 fully saturated rings. The smallest absolute Gasteiger partial charge is 0.247 e. The zero-order valence-corrected chi connectivity index (χ0v) is 12.8. The maximum Gasteiger partial charge on any atom is 0.247 e. The fourth-order valence-electron chi connectivity index (χ4n) is 2.29. The monoisotopic (exact) mass is 282 g/mol. The molecule has 0 saturated heterocycles. The predicted octanol–water partition coefficient (Wildman–Crippen LogP) is 3.62. The summed E-state index contributed by atoms with van der Waals surface area (Å²) in [7, 11) is 0. The molecule has 110 valence electrons. The Bertz CT molecular complexity index is 605. The van der Waals surface area contributed by atoms with Crippen LogP contribution in [0.5, 0.6) is 0 Å². The van der Waals surface area contributed by atoms with E-state index < -0.39 is 11.4 Å². The molecule has 3 heteroatoms. The highest BCUT2D eigenvalue weighted by molar-refractivity contribution is 5.89. The van der Waals surface area contributed by atoms with Crippen LogP contribution in [-0.2, 0) is 10.3 Å². The summed E-state index contributed by atoms with van der Waals surface area (Å²) in [6, 6.07) is 17.7. The van der Waals surface area contributed by atoms with Crippen LogP contribution in [0.1, 0.15) is 37.8 Å². The number of benzene rings is 2. The lowest BCUT2D eigenvalue weighted by Crippen LogP contribution is -2.45. The Morgan fingerprint density at radius 3 is 2.10 bits per heavy atom. The first kappa shape index (κ1) is 15.1. The van der Waals surface area contributed by atoms with E-state index in [4.69, 9.17) is 5.73 Å². The number of anilines is 1. The van der Waals surface area contributed by atoms with Gasteiger partial charge in [0, 0.05) is 5.69 Å². The Balaban J connectivity index is 2.35. The van der Waals surface area contributed by atoms with Crippen molar-refractivity contribution in [3.05, 3.63) is 65.7 Å². The highest BCUT2D eigenvalue weighted by Gasteiger charge is 2.33. The van der Waals surface area contributed by atoms with Crippen molar-refractivity contribution in [1.82, 2.24) is 0 Å². The van der Waals surface area contributed by atoms with Gasteiger partial charge in [-0.3, -0.25) is 4.79 Å². The minimum absolute atomic E-state index is 0.399. The standard InChI is InChI=1S/C18H22N2O/c1-13(2)14-9-11-15(12-10-14)18(3,17(19)21)20-16-7-5-4-6-8-16/h4-13,20H,1-3H3,(H2,19,21). The topological polar surface area (TPSA) is 55.1 Å². The average molecular weight is 282 g/mol. The Morgan fingerprint density at radius 1 is 1.05 bits per heavy atom. The highest BCUT2D eigenvalue weighted by Crippen LogP contribution is 2.27. The molecule has 0 aromatic heterocycles. The van der Waals surface area contributed by atoms with Gasteiger partial charge in [-0.2, -0.15) is 0 Å². The van der Waals surface area contributed by atoms with Gasteiger partial charge in [-0.25, -0.2) is 0 Å². The molecule has 1 unspecified atom stereocenters. The van der Waals surface area contributed by atoms with E-state index in [0.29, 0.717) is 5.92 Å². The van der Waals surface area contributed by atoms with Crippen molar-refractivity contribution in [3.63, 3.8) is 0 Å². The molecule has 0 saturated carbocycles. The molecule has 1 amide bonds. The Morgan fingerprint density at radius 2 is 1.62 bits per heavy atom. The van der Waals surface area contributed by atoms with Crippen molar-refractivity contribution >= 4 is 11.6 Å². The number of carbonyl (C=O) groups is 1. The second-order valence-electron chi connectivity index (χ2n) is 5.76. The van der Waals surface area contributed by atoms with Crippen LogP contribution in [0.15, 0.2) is 54.6 Å². The molecular weight excluding hydrogens is 260 g/mol. The third kappa shape index (κ3) is 3.24. The van der Waals surface area contributed by atoms with Gasteiger partial charge in [0.2, 0.25) is 5.91 Å². The molecular formula is C18H22N2O. The van der Waals surface area contributed by atoms with E-state index in [2.05, 4.69) is 19.2 Å². The molecule has 0 aliphatic rings. The molecule has 0 bridgehead atoms. The van der Waals surface area contributed by atoms with Gasteiger partial charge >= 0.3 is 0 Å². The number of hydrogen-bond donors (Lipinski definition) is 2. The second kappa shape index (κ2) is 6.00. The summed E-state index contributed by atoms with van der Waals surface area (Å²) < 4.78 is 0. The predicted molar refractivity (Wildman–Crippen MR) is 87.1 cm³/mol. The third-order valence-corrected chi connectivity index (χ3v) is 3.82. The first-order chi connectivity index (χ1) is 9.93. The van der Waals surface area contributed by atoms with Crippen molar-refractivity contribution in [1.29, 1.82) is 0 Å². The zero-order chi connectivity index (χ0) is 15.5. The van der Waals surface area contributed by atoms with E-state index in [1.807, 2.05) is 61.5 Å². The van der Waals surface area contributed by atoms with Crippen LogP contribution in [0.4, 0.5) is 5.69 Å². The molecule has 0 spiro atoms. The summed E-state index contributed by atoms with van der Waals surface area (Å²) in [6.07, 6.45) is 0. The lowest BCUT2D eigenvalue weighted by molar-refractivity contribution is -0.122. The van der Waals surface area contributed by atoms with Gasteiger partial charge in [0.25, 0.3) is 0 Å². The summed E-state index contributed by atoms with van der Waals surface area (Å²) >= 11 is 0. The van der Waals surface area contributed by atoms with Crippen molar-refractivity contribution in [2.75, 3.05) is 5.32 Å². The van der Waals surface area contributed by atoms with Crippen molar-refractivity contribution in [3.8, 4) is 0 Å². The van der Waals surface area contributed by atoms with Crippen LogP contribution in [0.2, 0.25) is 0 Å². The SMILES string of the molecule is CC(C)c1ccc(C(C)(Nc2ccccc2)C(N)=O)cc1. The molecule has 2 aromatic rings. The number of para-hydroxylation sites is 1. The molecule has 0 aliphatic carbocycles. The van der Waals surface area contributed by atoms with Crippen LogP contribution >= 0.6 is 0 Å². The van der Waals surface area contributed by atoms with E-state index in [1.54, 1.807) is 0 Å². The summed E-state index contributed by atoms with van der Waals surface area (Å²) in [5.74, 6) is 0.0598. The number of hydrogen-bond acceptors (Lipinski definition) is 2. The van der Waals surface area contributed by atoms with E-state index in [9.17, 15) is 4.79 Å². The summed E-state index contributed by atoms with van der Waals surface area (Å²) in [5, 5.41) is 3.25. The number of primary amides is 1. The summed E-state index contributed by atoms with van der Waals surface area (Å²) in [5.41, 5.74) is 7.69. The van der Waals surface area contributed by atoms with Crippen molar-refractivity contribution in [2.45, 2.75) is 32.2 Å². The van der Waals surface area contributed by atoms with Gasteiger partial charge in [-0.15, -0.1) is 0 Å². The van der Waals surface area contributed by atoms with Crippen LogP contribution in [0.25, 0.3) is 0 Å².